The molecule has 1 unspecified atom stereocenters. The van der Waals surface area contributed by atoms with Gasteiger partial charge < -0.3 is 9.15 Å². The Labute approximate surface area is 158 Å². The quantitative estimate of drug-likeness (QED) is 0.376. The molecule has 1 aliphatic rings. The first-order valence-electron chi connectivity index (χ1n) is 9.11. The topological polar surface area (TPSA) is 35.3 Å². The van der Waals surface area contributed by atoms with Crippen molar-refractivity contribution in [3.8, 4) is 22.8 Å². The molecule has 132 valence electrons. The molecule has 0 saturated heterocycles. The Hall–Kier alpha value is -3.33. The molecule has 27 heavy (non-hydrogen) atoms. The van der Waals surface area contributed by atoms with Gasteiger partial charge in [0.2, 0.25) is 0 Å². The lowest BCUT2D eigenvalue weighted by molar-refractivity contribution is 0.424. The van der Waals surface area contributed by atoms with E-state index in [-0.39, 0.29) is 5.92 Å². The fourth-order valence-electron chi connectivity index (χ4n) is 3.81. The molecule has 0 fully saturated rings. The Bertz CT molecular complexity index is 1130. The first-order valence-corrected chi connectivity index (χ1v) is 9.11. The molecule has 1 aromatic heterocycles. The van der Waals surface area contributed by atoms with Crippen molar-refractivity contribution in [1.82, 2.24) is 4.98 Å². The zero-order chi connectivity index (χ0) is 18.4. The van der Waals surface area contributed by atoms with Gasteiger partial charge in [-0.05, 0) is 19.1 Å². The van der Waals surface area contributed by atoms with Gasteiger partial charge in [0.25, 0.3) is 0 Å². The van der Waals surface area contributed by atoms with Crippen LogP contribution in [0.3, 0.4) is 0 Å². The highest BCUT2D eigenvalue weighted by Gasteiger charge is 2.33. The van der Waals surface area contributed by atoms with Crippen LogP contribution in [-0.2, 0) is 0 Å². The highest BCUT2D eigenvalue weighted by Crippen LogP contribution is 2.49. The third-order valence-corrected chi connectivity index (χ3v) is 5.00. The highest BCUT2D eigenvalue weighted by molar-refractivity contribution is 5.67. The van der Waals surface area contributed by atoms with Gasteiger partial charge in [-0.2, -0.15) is 0 Å². The van der Waals surface area contributed by atoms with Gasteiger partial charge in [0, 0.05) is 23.6 Å². The number of nitrogens with zero attached hydrogens (tertiary/aromatic N) is 1. The van der Waals surface area contributed by atoms with Crippen LogP contribution in [0.2, 0.25) is 0 Å². The summed E-state index contributed by atoms with van der Waals surface area (Å²) in [7, 11) is 0. The normalized spacial score (nSPS) is 15.0. The van der Waals surface area contributed by atoms with Crippen molar-refractivity contribution in [3.05, 3.63) is 101 Å². The maximum atomic E-state index is 6.20. The summed E-state index contributed by atoms with van der Waals surface area (Å²) in [6, 6.07) is 24.7. The van der Waals surface area contributed by atoms with E-state index >= 15 is 0 Å². The predicted octanol–water partition coefficient (Wildman–Crippen LogP) is 6.24. The Morgan fingerprint density at radius 1 is 0.778 bits per heavy atom. The monoisotopic (exact) mass is 353 g/mol. The van der Waals surface area contributed by atoms with Gasteiger partial charge >= 0.3 is 0 Å². The van der Waals surface area contributed by atoms with Crippen molar-refractivity contribution < 1.29 is 9.15 Å². The molecule has 0 aliphatic carbocycles. The van der Waals surface area contributed by atoms with Crippen LogP contribution in [-0.4, -0.2) is 4.98 Å². The molecule has 0 saturated carbocycles. The number of para-hydroxylation sites is 1. The number of benzene rings is 3. The van der Waals surface area contributed by atoms with Gasteiger partial charge in [-0.15, -0.1) is 0 Å². The molecule has 3 aromatic carbocycles. The molecular formula is C24H19NO2. The van der Waals surface area contributed by atoms with E-state index in [0.29, 0.717) is 5.89 Å². The lowest BCUT2D eigenvalue weighted by atomic mass is 9.84. The van der Waals surface area contributed by atoms with Crippen LogP contribution < -0.4 is 4.74 Å². The number of ether oxygens (including phenoxy) is 1. The summed E-state index contributed by atoms with van der Waals surface area (Å²) in [5.41, 5.74) is 5.36. The van der Waals surface area contributed by atoms with Gasteiger partial charge in [-0.25, -0.2) is 4.98 Å². The standard InChI is InChI=1S/C24H19NO2/c1-15-12-13-21-19(14-15)22(18-10-6-7-11-20(18)27-21)24-23(25-16(2)26-24)17-8-4-3-5-9-17/h3-14,22H,1-2H3. The molecule has 1 atom stereocenters. The van der Waals surface area contributed by atoms with E-state index in [2.05, 4.69) is 37.3 Å². The Balaban J connectivity index is 1.78. The lowest BCUT2D eigenvalue weighted by Crippen LogP contribution is -2.12. The summed E-state index contributed by atoms with van der Waals surface area (Å²) in [5.74, 6) is 3.22. The van der Waals surface area contributed by atoms with E-state index in [1.807, 2.05) is 49.4 Å². The number of rotatable bonds is 2. The largest absolute Gasteiger partial charge is 0.457 e. The van der Waals surface area contributed by atoms with E-state index in [0.717, 1.165) is 39.6 Å². The molecule has 0 radical (unpaired) electrons. The average Bonchev–Trinajstić information content (AvgIpc) is 3.08. The van der Waals surface area contributed by atoms with E-state index < -0.39 is 0 Å². The summed E-state index contributed by atoms with van der Waals surface area (Å²) >= 11 is 0. The lowest BCUT2D eigenvalue weighted by Gasteiger charge is -2.27. The number of hydrogen-bond donors (Lipinski definition) is 0. The third-order valence-electron chi connectivity index (χ3n) is 5.00. The molecule has 3 heteroatoms. The van der Waals surface area contributed by atoms with E-state index in [9.17, 15) is 0 Å². The third kappa shape index (κ3) is 2.63. The Morgan fingerprint density at radius 3 is 2.37 bits per heavy atom. The minimum Gasteiger partial charge on any atom is -0.457 e. The molecule has 0 amide bonds. The maximum Gasteiger partial charge on any atom is 0.191 e. The van der Waals surface area contributed by atoms with Crippen molar-refractivity contribution in [2.24, 2.45) is 0 Å². The van der Waals surface area contributed by atoms with Crippen LogP contribution in [0.4, 0.5) is 0 Å². The molecule has 2 heterocycles. The van der Waals surface area contributed by atoms with Crippen molar-refractivity contribution in [3.63, 3.8) is 0 Å². The number of oxazole rings is 1. The maximum absolute atomic E-state index is 6.20. The van der Waals surface area contributed by atoms with Crippen LogP contribution in [0.5, 0.6) is 11.5 Å². The molecule has 0 bridgehead atoms. The first kappa shape index (κ1) is 15.9. The molecule has 0 N–H and O–H groups in total. The fraction of sp³-hybridized carbons (Fsp3) is 0.125. The zero-order valence-electron chi connectivity index (χ0n) is 15.3. The van der Waals surface area contributed by atoms with Gasteiger partial charge in [-0.1, -0.05) is 66.2 Å². The summed E-state index contributed by atoms with van der Waals surface area (Å²) in [4.78, 5) is 4.72. The number of fused-ring (bicyclic) bond motifs is 2. The van der Waals surface area contributed by atoms with Crippen LogP contribution >= 0.6 is 0 Å². The van der Waals surface area contributed by atoms with Gasteiger partial charge in [-0.3, -0.25) is 0 Å². The molecule has 3 nitrogen and oxygen atoms in total. The van der Waals surface area contributed by atoms with Crippen LogP contribution in [0.15, 0.2) is 77.2 Å². The van der Waals surface area contributed by atoms with Crippen LogP contribution in [0, 0.1) is 13.8 Å². The predicted molar refractivity (Wildman–Crippen MR) is 105 cm³/mol. The minimum absolute atomic E-state index is 0.0544. The van der Waals surface area contributed by atoms with E-state index in [1.54, 1.807) is 0 Å². The second-order valence-electron chi connectivity index (χ2n) is 6.93. The minimum atomic E-state index is -0.0544. The zero-order valence-corrected chi connectivity index (χ0v) is 15.3. The summed E-state index contributed by atoms with van der Waals surface area (Å²) < 4.78 is 12.4. The first-order chi connectivity index (χ1) is 13.2. The number of hydrogen-bond acceptors (Lipinski definition) is 3. The molecule has 5 rings (SSSR count). The van der Waals surface area contributed by atoms with Crippen molar-refractivity contribution in [2.45, 2.75) is 19.8 Å². The molecule has 0 spiro atoms. The van der Waals surface area contributed by atoms with Crippen molar-refractivity contribution in [2.75, 3.05) is 0 Å². The average molecular weight is 353 g/mol. The number of aryl methyl sites for hydroxylation is 2. The molecular weight excluding hydrogens is 334 g/mol. The number of aromatic nitrogens is 1. The fourth-order valence-corrected chi connectivity index (χ4v) is 3.81. The molecule has 4 aromatic rings. The van der Waals surface area contributed by atoms with Crippen molar-refractivity contribution in [1.29, 1.82) is 0 Å². The van der Waals surface area contributed by atoms with Gasteiger partial charge in [0.15, 0.2) is 5.89 Å². The SMILES string of the molecule is Cc1ccc2c(c1)C(c1oc(C)nc1-c1ccccc1)c1ccccc1O2. The van der Waals surface area contributed by atoms with Gasteiger partial charge in [0.1, 0.15) is 23.0 Å². The van der Waals surface area contributed by atoms with Crippen molar-refractivity contribution >= 4 is 0 Å². The second-order valence-corrected chi connectivity index (χ2v) is 6.93. The van der Waals surface area contributed by atoms with Crippen LogP contribution in [0.1, 0.15) is 34.3 Å². The Morgan fingerprint density at radius 2 is 1.52 bits per heavy atom. The smallest absolute Gasteiger partial charge is 0.191 e. The summed E-state index contributed by atoms with van der Waals surface area (Å²) in [5, 5.41) is 0. The second kappa shape index (κ2) is 6.13. The molecule has 1 aliphatic heterocycles. The highest BCUT2D eigenvalue weighted by atomic mass is 16.5. The van der Waals surface area contributed by atoms with Crippen LogP contribution in [0.25, 0.3) is 11.3 Å². The van der Waals surface area contributed by atoms with Gasteiger partial charge in [0.05, 0.1) is 5.92 Å². The summed E-state index contributed by atoms with van der Waals surface area (Å²) in [6.07, 6.45) is 0. The Kier molecular flexibility index (Phi) is 3.61. The van der Waals surface area contributed by atoms with E-state index in [4.69, 9.17) is 14.1 Å². The van der Waals surface area contributed by atoms with E-state index in [1.165, 1.54) is 5.56 Å². The summed E-state index contributed by atoms with van der Waals surface area (Å²) in [6.45, 7) is 4.00.